The van der Waals surface area contributed by atoms with Crippen molar-refractivity contribution in [2.24, 2.45) is 0 Å². The van der Waals surface area contributed by atoms with E-state index in [1.165, 1.54) is 5.56 Å². The van der Waals surface area contributed by atoms with E-state index in [1.54, 1.807) is 7.11 Å². The molecule has 0 aliphatic carbocycles. The summed E-state index contributed by atoms with van der Waals surface area (Å²) in [6.45, 7) is 8.74. The van der Waals surface area contributed by atoms with E-state index in [2.05, 4.69) is 23.5 Å². The number of hydrogen-bond acceptors (Lipinski definition) is 4. The van der Waals surface area contributed by atoms with Gasteiger partial charge in [0.15, 0.2) is 0 Å². The standard InChI is InChI=1S/C12H23N3O2/c1-4-13-9-12-10-15(14-11(12)2)5-6-17-8-7-16-3/h10,13H,4-9H2,1-3H3. The maximum absolute atomic E-state index is 5.41. The third-order valence-electron chi connectivity index (χ3n) is 2.51. The largest absolute Gasteiger partial charge is 0.382 e. The second-order valence-corrected chi connectivity index (χ2v) is 3.89. The first kappa shape index (κ1) is 14.2. The Morgan fingerprint density at radius 1 is 1.35 bits per heavy atom. The molecule has 0 radical (unpaired) electrons. The maximum Gasteiger partial charge on any atom is 0.0701 e. The fraction of sp³-hybridized carbons (Fsp3) is 0.750. The van der Waals surface area contributed by atoms with Gasteiger partial charge in [-0.1, -0.05) is 6.92 Å². The van der Waals surface area contributed by atoms with Gasteiger partial charge in [-0.25, -0.2) is 0 Å². The summed E-state index contributed by atoms with van der Waals surface area (Å²) in [5.74, 6) is 0. The molecule has 1 heterocycles. The molecule has 1 aromatic heterocycles. The van der Waals surface area contributed by atoms with Crippen LogP contribution in [0, 0.1) is 6.92 Å². The van der Waals surface area contributed by atoms with Crippen molar-refractivity contribution in [3.8, 4) is 0 Å². The molecular weight excluding hydrogens is 218 g/mol. The van der Waals surface area contributed by atoms with Gasteiger partial charge in [0.1, 0.15) is 0 Å². The van der Waals surface area contributed by atoms with E-state index in [9.17, 15) is 0 Å². The Bertz CT molecular complexity index is 313. The van der Waals surface area contributed by atoms with Gasteiger partial charge in [0, 0.05) is 25.4 Å². The summed E-state index contributed by atoms with van der Waals surface area (Å²) in [5.41, 5.74) is 2.34. The van der Waals surface area contributed by atoms with Crippen LogP contribution < -0.4 is 5.32 Å². The number of ether oxygens (including phenoxy) is 2. The summed E-state index contributed by atoms with van der Waals surface area (Å²) in [4.78, 5) is 0. The molecule has 0 aliphatic rings. The van der Waals surface area contributed by atoms with Gasteiger partial charge < -0.3 is 14.8 Å². The van der Waals surface area contributed by atoms with Gasteiger partial charge in [-0.3, -0.25) is 4.68 Å². The van der Waals surface area contributed by atoms with Gasteiger partial charge in [0.25, 0.3) is 0 Å². The van der Waals surface area contributed by atoms with E-state index >= 15 is 0 Å². The predicted octanol–water partition coefficient (Wildman–Crippen LogP) is 0.964. The monoisotopic (exact) mass is 241 g/mol. The van der Waals surface area contributed by atoms with Crippen LogP contribution in [0.25, 0.3) is 0 Å². The van der Waals surface area contributed by atoms with Crippen molar-refractivity contribution in [1.82, 2.24) is 15.1 Å². The summed E-state index contributed by atoms with van der Waals surface area (Å²) < 4.78 is 12.3. The average molecular weight is 241 g/mol. The van der Waals surface area contributed by atoms with Crippen LogP contribution in [-0.4, -0.2) is 43.3 Å². The lowest BCUT2D eigenvalue weighted by molar-refractivity contribution is 0.0654. The molecule has 0 saturated heterocycles. The van der Waals surface area contributed by atoms with Crippen LogP contribution in [0.4, 0.5) is 0 Å². The molecular formula is C12H23N3O2. The molecule has 0 unspecified atom stereocenters. The van der Waals surface area contributed by atoms with Crippen LogP contribution >= 0.6 is 0 Å². The molecule has 5 nitrogen and oxygen atoms in total. The number of nitrogens with one attached hydrogen (secondary N) is 1. The summed E-state index contributed by atoms with van der Waals surface area (Å²) >= 11 is 0. The fourth-order valence-electron chi connectivity index (χ4n) is 1.51. The van der Waals surface area contributed by atoms with E-state index in [0.29, 0.717) is 19.8 Å². The second-order valence-electron chi connectivity index (χ2n) is 3.89. The average Bonchev–Trinajstić information content (AvgIpc) is 2.67. The zero-order valence-corrected chi connectivity index (χ0v) is 11.0. The maximum atomic E-state index is 5.41. The number of nitrogens with zero attached hydrogens (tertiary/aromatic N) is 2. The van der Waals surface area contributed by atoms with Crippen LogP contribution in [0.15, 0.2) is 6.20 Å². The molecule has 98 valence electrons. The summed E-state index contributed by atoms with van der Waals surface area (Å²) in [6.07, 6.45) is 2.08. The smallest absolute Gasteiger partial charge is 0.0701 e. The van der Waals surface area contributed by atoms with Gasteiger partial charge in [0.2, 0.25) is 0 Å². The first-order valence-corrected chi connectivity index (χ1v) is 6.08. The van der Waals surface area contributed by atoms with Gasteiger partial charge in [-0.2, -0.15) is 5.10 Å². The molecule has 0 amide bonds. The Morgan fingerprint density at radius 2 is 2.18 bits per heavy atom. The number of aryl methyl sites for hydroxylation is 1. The van der Waals surface area contributed by atoms with Gasteiger partial charge in [-0.15, -0.1) is 0 Å². The minimum absolute atomic E-state index is 0.640. The molecule has 0 bridgehead atoms. The lowest BCUT2D eigenvalue weighted by Gasteiger charge is -2.03. The molecule has 0 saturated carbocycles. The molecule has 1 N–H and O–H groups in total. The third-order valence-corrected chi connectivity index (χ3v) is 2.51. The van der Waals surface area contributed by atoms with E-state index in [0.717, 1.165) is 25.3 Å². The van der Waals surface area contributed by atoms with E-state index < -0.39 is 0 Å². The van der Waals surface area contributed by atoms with E-state index in [4.69, 9.17) is 9.47 Å². The lowest BCUT2D eigenvalue weighted by atomic mass is 10.2. The molecule has 1 rings (SSSR count). The van der Waals surface area contributed by atoms with Crippen LogP contribution in [0.5, 0.6) is 0 Å². The van der Waals surface area contributed by atoms with Gasteiger partial charge in [-0.05, 0) is 13.5 Å². The van der Waals surface area contributed by atoms with Crippen molar-refractivity contribution in [2.45, 2.75) is 26.9 Å². The molecule has 0 fully saturated rings. The first-order valence-electron chi connectivity index (χ1n) is 6.08. The highest BCUT2D eigenvalue weighted by Crippen LogP contribution is 2.04. The van der Waals surface area contributed by atoms with Crippen molar-refractivity contribution in [2.75, 3.05) is 33.5 Å². The van der Waals surface area contributed by atoms with E-state index in [1.807, 2.05) is 11.6 Å². The van der Waals surface area contributed by atoms with Crippen molar-refractivity contribution in [3.63, 3.8) is 0 Å². The van der Waals surface area contributed by atoms with Crippen molar-refractivity contribution in [1.29, 1.82) is 0 Å². The molecule has 0 spiro atoms. The van der Waals surface area contributed by atoms with Crippen molar-refractivity contribution >= 4 is 0 Å². The normalized spacial score (nSPS) is 11.0. The third kappa shape index (κ3) is 5.30. The van der Waals surface area contributed by atoms with Gasteiger partial charge >= 0.3 is 0 Å². The zero-order chi connectivity index (χ0) is 12.5. The molecule has 5 heteroatoms. The molecule has 1 aromatic rings. The molecule has 0 atom stereocenters. The minimum Gasteiger partial charge on any atom is -0.382 e. The Hall–Kier alpha value is -0.910. The van der Waals surface area contributed by atoms with Crippen LogP contribution in [-0.2, 0) is 22.6 Å². The van der Waals surface area contributed by atoms with Crippen molar-refractivity contribution < 1.29 is 9.47 Å². The number of rotatable bonds is 9. The van der Waals surface area contributed by atoms with Gasteiger partial charge in [0.05, 0.1) is 32.1 Å². The Labute approximate surface area is 103 Å². The number of hydrogen-bond donors (Lipinski definition) is 1. The summed E-state index contributed by atoms with van der Waals surface area (Å²) in [6, 6.07) is 0. The SMILES string of the molecule is CCNCc1cn(CCOCCOC)nc1C. The van der Waals surface area contributed by atoms with Crippen LogP contribution in [0.1, 0.15) is 18.2 Å². The number of aromatic nitrogens is 2. The highest BCUT2D eigenvalue weighted by Gasteiger charge is 2.03. The lowest BCUT2D eigenvalue weighted by Crippen LogP contribution is -2.12. The zero-order valence-electron chi connectivity index (χ0n) is 11.0. The number of methoxy groups -OCH3 is 1. The van der Waals surface area contributed by atoms with Crippen LogP contribution in [0.2, 0.25) is 0 Å². The highest BCUT2D eigenvalue weighted by molar-refractivity contribution is 5.14. The van der Waals surface area contributed by atoms with E-state index in [-0.39, 0.29) is 0 Å². The first-order chi connectivity index (χ1) is 8.27. The quantitative estimate of drug-likeness (QED) is 0.654. The molecule has 0 aliphatic heterocycles. The Morgan fingerprint density at radius 3 is 2.88 bits per heavy atom. The fourth-order valence-corrected chi connectivity index (χ4v) is 1.51. The predicted molar refractivity (Wildman–Crippen MR) is 67.0 cm³/mol. The molecule has 0 aromatic carbocycles. The topological polar surface area (TPSA) is 48.3 Å². The minimum atomic E-state index is 0.640. The Balaban J connectivity index is 2.28. The van der Waals surface area contributed by atoms with Crippen molar-refractivity contribution in [3.05, 3.63) is 17.5 Å². The highest BCUT2D eigenvalue weighted by atomic mass is 16.5. The van der Waals surface area contributed by atoms with Crippen LogP contribution in [0.3, 0.4) is 0 Å². The summed E-state index contributed by atoms with van der Waals surface area (Å²) in [5, 5.41) is 7.75. The molecule has 17 heavy (non-hydrogen) atoms. The Kier molecular flexibility index (Phi) is 6.84. The summed E-state index contributed by atoms with van der Waals surface area (Å²) in [7, 11) is 1.67. The second kappa shape index (κ2) is 8.22.